The molecule has 1 aliphatic heterocycles. The third-order valence-corrected chi connectivity index (χ3v) is 5.62. The minimum atomic E-state index is -4.59. The van der Waals surface area contributed by atoms with Crippen molar-refractivity contribution in [3.63, 3.8) is 0 Å². The van der Waals surface area contributed by atoms with Gasteiger partial charge in [-0.05, 0) is 67.9 Å². The van der Waals surface area contributed by atoms with Crippen LogP contribution in [-0.4, -0.2) is 28.2 Å². The number of nitrogens with zero attached hydrogens (tertiary/aromatic N) is 3. The summed E-state index contributed by atoms with van der Waals surface area (Å²) in [5, 5.41) is 6.29. The van der Waals surface area contributed by atoms with E-state index in [1.807, 2.05) is 23.1 Å². The lowest BCUT2D eigenvalue weighted by molar-refractivity contribution is -0.141. The van der Waals surface area contributed by atoms with Crippen molar-refractivity contribution in [2.24, 2.45) is 0 Å². The Balaban J connectivity index is 1.42. The van der Waals surface area contributed by atoms with Crippen LogP contribution in [0.2, 0.25) is 5.02 Å². The quantitative estimate of drug-likeness (QED) is 0.428. The fourth-order valence-electron chi connectivity index (χ4n) is 3.48. The van der Waals surface area contributed by atoms with Crippen LogP contribution in [0.4, 0.5) is 24.9 Å². The first-order valence-electron chi connectivity index (χ1n) is 10.4. The number of thiocarbonyl (C=S) groups is 1. The van der Waals surface area contributed by atoms with Crippen molar-refractivity contribution in [3.05, 3.63) is 58.9 Å². The minimum Gasteiger partial charge on any atom is -0.459 e. The molecule has 0 radical (unpaired) electrons. The Morgan fingerprint density at radius 2 is 1.79 bits per heavy atom. The Morgan fingerprint density at radius 1 is 1.06 bits per heavy atom. The molecule has 4 rings (SSSR count). The second kappa shape index (κ2) is 9.96. The van der Waals surface area contributed by atoms with E-state index in [0.29, 0.717) is 29.6 Å². The van der Waals surface area contributed by atoms with Crippen LogP contribution in [0.1, 0.15) is 30.7 Å². The van der Waals surface area contributed by atoms with Gasteiger partial charge in [0.1, 0.15) is 17.3 Å². The zero-order chi connectivity index (χ0) is 23.4. The molecule has 1 aliphatic rings. The number of hydrogen-bond donors (Lipinski definition) is 2. The molecule has 1 saturated heterocycles. The van der Waals surface area contributed by atoms with Crippen molar-refractivity contribution < 1.29 is 17.6 Å². The fourth-order valence-corrected chi connectivity index (χ4v) is 3.77. The van der Waals surface area contributed by atoms with Crippen LogP contribution in [0.15, 0.2) is 46.9 Å². The van der Waals surface area contributed by atoms with Gasteiger partial charge in [0.15, 0.2) is 10.8 Å². The van der Waals surface area contributed by atoms with Gasteiger partial charge in [-0.15, -0.1) is 0 Å². The first kappa shape index (κ1) is 23.3. The summed E-state index contributed by atoms with van der Waals surface area (Å²) in [4.78, 5) is 9.70. The summed E-state index contributed by atoms with van der Waals surface area (Å²) in [6, 6.07) is 11.8. The van der Waals surface area contributed by atoms with Gasteiger partial charge in [0.25, 0.3) is 0 Å². The number of alkyl halides is 3. The van der Waals surface area contributed by atoms with E-state index in [-0.39, 0.29) is 23.4 Å². The third kappa shape index (κ3) is 6.14. The molecule has 6 nitrogen and oxygen atoms in total. The highest BCUT2D eigenvalue weighted by atomic mass is 35.5. The molecule has 33 heavy (non-hydrogen) atoms. The van der Waals surface area contributed by atoms with Gasteiger partial charge in [-0.3, -0.25) is 0 Å². The average molecular weight is 496 g/mol. The molecule has 3 heterocycles. The molecule has 1 aromatic carbocycles. The molecule has 2 N–H and O–H groups in total. The van der Waals surface area contributed by atoms with Gasteiger partial charge in [0.2, 0.25) is 5.95 Å². The molecular weight excluding hydrogens is 475 g/mol. The Hall–Kier alpha value is -2.85. The van der Waals surface area contributed by atoms with Crippen molar-refractivity contribution >= 4 is 40.7 Å². The minimum absolute atomic E-state index is 0.0864. The second-order valence-corrected chi connectivity index (χ2v) is 8.41. The maximum atomic E-state index is 13.4. The SMILES string of the molecule is FC(F)(F)c1cc(N2CCCCC2)nc(NC(=S)NCc2ccc(-c3ccc(Cl)cc3)o2)n1. The van der Waals surface area contributed by atoms with E-state index < -0.39 is 11.9 Å². The Kier molecular flexibility index (Phi) is 7.04. The highest BCUT2D eigenvalue weighted by molar-refractivity contribution is 7.80. The summed E-state index contributed by atoms with van der Waals surface area (Å²) >= 11 is 11.1. The molecular formula is C22H21ClF3N5OS. The van der Waals surface area contributed by atoms with E-state index in [1.54, 1.807) is 18.2 Å². The molecule has 11 heteroatoms. The van der Waals surface area contributed by atoms with E-state index in [2.05, 4.69) is 20.6 Å². The molecule has 0 atom stereocenters. The van der Waals surface area contributed by atoms with Crippen LogP contribution < -0.4 is 15.5 Å². The van der Waals surface area contributed by atoms with E-state index >= 15 is 0 Å². The van der Waals surface area contributed by atoms with E-state index in [4.69, 9.17) is 28.2 Å². The Labute approximate surface area is 199 Å². The molecule has 0 amide bonds. The third-order valence-electron chi connectivity index (χ3n) is 5.12. The van der Waals surface area contributed by atoms with Crippen LogP contribution in [0, 0.1) is 0 Å². The highest BCUT2D eigenvalue weighted by Crippen LogP contribution is 2.31. The molecule has 174 valence electrons. The molecule has 0 saturated carbocycles. The summed E-state index contributed by atoms with van der Waals surface area (Å²) < 4.78 is 45.9. The zero-order valence-corrected chi connectivity index (χ0v) is 19.0. The van der Waals surface area contributed by atoms with Gasteiger partial charge in [-0.25, -0.2) is 4.98 Å². The number of hydrogen-bond acceptors (Lipinski definition) is 5. The lowest BCUT2D eigenvalue weighted by Crippen LogP contribution is -2.32. The van der Waals surface area contributed by atoms with Gasteiger partial charge < -0.3 is 20.0 Å². The number of halogens is 4. The van der Waals surface area contributed by atoms with Crippen LogP contribution in [0.5, 0.6) is 0 Å². The molecule has 0 unspecified atom stereocenters. The summed E-state index contributed by atoms with van der Waals surface area (Å²) in [6.45, 7) is 1.55. The second-order valence-electron chi connectivity index (χ2n) is 7.56. The monoisotopic (exact) mass is 495 g/mol. The number of aromatic nitrogens is 2. The van der Waals surface area contributed by atoms with Crippen molar-refractivity contribution in [2.45, 2.75) is 32.0 Å². The number of piperidine rings is 1. The molecule has 2 aromatic heterocycles. The molecule has 0 aliphatic carbocycles. The highest BCUT2D eigenvalue weighted by Gasteiger charge is 2.34. The summed E-state index contributed by atoms with van der Waals surface area (Å²) in [7, 11) is 0. The first-order valence-corrected chi connectivity index (χ1v) is 11.2. The van der Waals surface area contributed by atoms with Gasteiger partial charge >= 0.3 is 6.18 Å². The van der Waals surface area contributed by atoms with Crippen molar-refractivity contribution in [3.8, 4) is 11.3 Å². The fraction of sp³-hybridized carbons (Fsp3) is 0.318. The van der Waals surface area contributed by atoms with Crippen molar-refractivity contribution in [1.82, 2.24) is 15.3 Å². The maximum Gasteiger partial charge on any atom is 0.433 e. The normalized spacial score (nSPS) is 14.2. The number of benzene rings is 1. The lowest BCUT2D eigenvalue weighted by atomic mass is 10.1. The molecule has 1 fully saturated rings. The zero-order valence-electron chi connectivity index (χ0n) is 17.5. The number of rotatable bonds is 5. The van der Waals surface area contributed by atoms with Crippen LogP contribution >= 0.6 is 23.8 Å². The topological polar surface area (TPSA) is 66.2 Å². The van der Waals surface area contributed by atoms with E-state index in [9.17, 15) is 13.2 Å². The predicted molar refractivity (Wildman–Crippen MR) is 125 cm³/mol. The Morgan fingerprint density at radius 3 is 2.48 bits per heavy atom. The first-order chi connectivity index (χ1) is 15.8. The standard InChI is InChI=1S/C22H21ClF3N5OS/c23-15-6-4-14(5-7-15)17-9-8-16(32-17)13-27-21(33)30-20-28-18(22(24,25)26)12-19(29-20)31-10-2-1-3-11-31/h4-9,12H,1-3,10-11,13H2,(H2,27,28,29,30,33). The van der Waals surface area contributed by atoms with E-state index in [1.165, 1.54) is 0 Å². The van der Waals surface area contributed by atoms with Gasteiger partial charge in [0.05, 0.1) is 6.54 Å². The van der Waals surface area contributed by atoms with Gasteiger partial charge in [0, 0.05) is 29.7 Å². The number of furan rings is 1. The van der Waals surface area contributed by atoms with Gasteiger partial charge in [-0.2, -0.15) is 18.2 Å². The summed E-state index contributed by atoms with van der Waals surface area (Å²) in [6.07, 6.45) is -1.71. The number of nitrogens with one attached hydrogen (secondary N) is 2. The predicted octanol–water partition coefficient (Wildman–Crippen LogP) is 5.89. The van der Waals surface area contributed by atoms with Crippen LogP contribution in [-0.2, 0) is 12.7 Å². The Bertz CT molecular complexity index is 1110. The maximum absolute atomic E-state index is 13.4. The smallest absolute Gasteiger partial charge is 0.433 e. The van der Waals surface area contributed by atoms with Gasteiger partial charge in [-0.1, -0.05) is 11.6 Å². The van der Waals surface area contributed by atoms with Crippen LogP contribution in [0.3, 0.4) is 0 Å². The van der Waals surface area contributed by atoms with E-state index in [0.717, 1.165) is 30.9 Å². The summed E-state index contributed by atoms with van der Waals surface area (Å²) in [5.41, 5.74) is -0.143. The molecule has 0 bridgehead atoms. The molecule has 0 spiro atoms. The number of anilines is 2. The lowest BCUT2D eigenvalue weighted by Gasteiger charge is -2.28. The van der Waals surface area contributed by atoms with Crippen molar-refractivity contribution in [1.29, 1.82) is 0 Å². The average Bonchev–Trinajstić information content (AvgIpc) is 3.27. The molecule has 3 aromatic rings. The summed E-state index contributed by atoms with van der Waals surface area (Å²) in [5.74, 6) is 1.29. The van der Waals surface area contributed by atoms with Crippen molar-refractivity contribution in [2.75, 3.05) is 23.3 Å². The largest absolute Gasteiger partial charge is 0.459 e. The van der Waals surface area contributed by atoms with Crippen LogP contribution in [0.25, 0.3) is 11.3 Å².